The molecule has 1 atom stereocenters. The minimum absolute atomic E-state index is 0.0800. The number of hydrogen-bond donors (Lipinski definition) is 2. The number of nitrogens with zero attached hydrogens (tertiary/aromatic N) is 2. The normalized spacial score (nSPS) is 19.1. The third kappa shape index (κ3) is 2.52. The second-order valence-corrected chi connectivity index (χ2v) is 5.55. The van der Waals surface area contributed by atoms with Gasteiger partial charge >= 0.3 is 0 Å². The number of non-ortho nitro benzene ring substituents is 1. The van der Waals surface area contributed by atoms with Crippen molar-refractivity contribution in [1.29, 1.82) is 0 Å². The van der Waals surface area contributed by atoms with E-state index >= 15 is 0 Å². The fourth-order valence-corrected chi connectivity index (χ4v) is 2.97. The zero-order valence-corrected chi connectivity index (χ0v) is 12.2. The van der Waals surface area contributed by atoms with Gasteiger partial charge in [0.1, 0.15) is 0 Å². The van der Waals surface area contributed by atoms with E-state index in [0.717, 1.165) is 40.7 Å². The van der Waals surface area contributed by atoms with Crippen LogP contribution in [-0.4, -0.2) is 29.5 Å². The quantitative estimate of drug-likeness (QED) is 0.648. The van der Waals surface area contributed by atoms with Crippen LogP contribution in [0.2, 0.25) is 0 Å². The van der Waals surface area contributed by atoms with Crippen LogP contribution in [0.3, 0.4) is 0 Å². The predicted molar refractivity (Wildman–Crippen MR) is 79.7 cm³/mol. The number of rotatable bonds is 2. The van der Waals surface area contributed by atoms with E-state index in [1.165, 1.54) is 6.07 Å². The topological polar surface area (TPSA) is 80.1 Å². The molecular weight excluding hydrogens is 324 g/mol. The maximum absolute atomic E-state index is 10.8. The zero-order valence-electron chi connectivity index (χ0n) is 10.6. The molecule has 1 aliphatic heterocycles. The van der Waals surface area contributed by atoms with Crippen LogP contribution in [0.25, 0.3) is 10.9 Å². The van der Waals surface area contributed by atoms with Gasteiger partial charge in [0.2, 0.25) is 0 Å². The number of pyridine rings is 1. The summed E-state index contributed by atoms with van der Waals surface area (Å²) < 4.78 is 0.867. The molecule has 1 aromatic carbocycles. The van der Waals surface area contributed by atoms with E-state index < -0.39 is 4.92 Å². The summed E-state index contributed by atoms with van der Waals surface area (Å²) >= 11 is 3.51. The molecule has 1 aromatic heterocycles. The van der Waals surface area contributed by atoms with Crippen molar-refractivity contribution >= 4 is 32.5 Å². The summed E-state index contributed by atoms with van der Waals surface area (Å²) in [6.45, 7) is 2.68. The molecule has 104 valence electrons. The third-order valence-electron chi connectivity index (χ3n) is 3.36. The molecule has 1 fully saturated rings. The highest BCUT2D eigenvalue weighted by Gasteiger charge is 2.19. The first-order valence-electron chi connectivity index (χ1n) is 6.34. The van der Waals surface area contributed by atoms with Gasteiger partial charge < -0.3 is 10.6 Å². The van der Waals surface area contributed by atoms with E-state index in [2.05, 4.69) is 31.5 Å². The van der Waals surface area contributed by atoms with Crippen molar-refractivity contribution < 1.29 is 4.92 Å². The SMILES string of the molecule is O=[N+]([O-])c1ccc2nc(C3CNCCN3)c(Br)cc2c1. The number of benzene rings is 1. The molecule has 1 unspecified atom stereocenters. The lowest BCUT2D eigenvalue weighted by Crippen LogP contribution is -2.43. The van der Waals surface area contributed by atoms with Crippen LogP contribution in [0, 0.1) is 10.1 Å². The standard InChI is InChI=1S/C13H13BrN4O2/c14-10-6-8-5-9(18(19)20)1-2-11(8)17-13(10)12-7-15-3-4-16-12/h1-2,5-6,12,15-16H,3-4,7H2. The smallest absolute Gasteiger partial charge is 0.270 e. The number of nitro benzene ring substituents is 1. The molecular formula is C13H13BrN4O2. The van der Waals surface area contributed by atoms with E-state index in [1.54, 1.807) is 12.1 Å². The van der Waals surface area contributed by atoms with Crippen LogP contribution < -0.4 is 10.6 Å². The van der Waals surface area contributed by atoms with Crippen LogP contribution in [0.5, 0.6) is 0 Å². The second kappa shape index (κ2) is 5.43. The highest BCUT2D eigenvalue weighted by molar-refractivity contribution is 9.10. The molecule has 0 bridgehead atoms. The van der Waals surface area contributed by atoms with Crippen molar-refractivity contribution in [2.45, 2.75) is 6.04 Å². The molecule has 2 heterocycles. The van der Waals surface area contributed by atoms with Crippen LogP contribution >= 0.6 is 15.9 Å². The van der Waals surface area contributed by atoms with E-state index in [1.807, 2.05) is 6.07 Å². The number of hydrogen-bond acceptors (Lipinski definition) is 5. The molecule has 2 aromatic rings. The highest BCUT2D eigenvalue weighted by atomic mass is 79.9. The van der Waals surface area contributed by atoms with Crippen molar-refractivity contribution in [3.63, 3.8) is 0 Å². The molecule has 0 aliphatic carbocycles. The minimum Gasteiger partial charge on any atom is -0.314 e. The molecule has 0 saturated carbocycles. The number of piperazine rings is 1. The number of halogens is 1. The van der Waals surface area contributed by atoms with Gasteiger partial charge in [0, 0.05) is 41.6 Å². The second-order valence-electron chi connectivity index (χ2n) is 4.70. The summed E-state index contributed by atoms with van der Waals surface area (Å²) in [6, 6.07) is 6.77. The Morgan fingerprint density at radius 3 is 2.90 bits per heavy atom. The third-order valence-corrected chi connectivity index (χ3v) is 4.00. The first-order chi connectivity index (χ1) is 9.65. The number of nitro groups is 1. The van der Waals surface area contributed by atoms with Crippen LogP contribution in [-0.2, 0) is 0 Å². The molecule has 0 radical (unpaired) electrons. The Hall–Kier alpha value is -1.57. The number of nitrogens with one attached hydrogen (secondary N) is 2. The molecule has 0 spiro atoms. The van der Waals surface area contributed by atoms with Crippen LogP contribution in [0.4, 0.5) is 5.69 Å². The van der Waals surface area contributed by atoms with E-state index in [4.69, 9.17) is 0 Å². The van der Waals surface area contributed by atoms with Crippen molar-refractivity contribution in [1.82, 2.24) is 15.6 Å². The van der Waals surface area contributed by atoms with Gasteiger partial charge in [-0.15, -0.1) is 0 Å². The summed E-state index contributed by atoms with van der Waals surface area (Å²) in [6.07, 6.45) is 0. The fraction of sp³-hybridized carbons (Fsp3) is 0.308. The Bertz CT molecular complexity index is 671. The zero-order chi connectivity index (χ0) is 14.1. The van der Waals surface area contributed by atoms with Crippen molar-refractivity contribution in [3.8, 4) is 0 Å². The summed E-state index contributed by atoms with van der Waals surface area (Å²) in [5.41, 5.74) is 1.77. The van der Waals surface area contributed by atoms with E-state index in [0.29, 0.717) is 0 Å². The van der Waals surface area contributed by atoms with E-state index in [-0.39, 0.29) is 11.7 Å². The Morgan fingerprint density at radius 2 is 2.20 bits per heavy atom. The summed E-state index contributed by atoms with van der Waals surface area (Å²) in [4.78, 5) is 15.0. The largest absolute Gasteiger partial charge is 0.314 e. The van der Waals surface area contributed by atoms with Gasteiger partial charge in [-0.3, -0.25) is 10.1 Å². The van der Waals surface area contributed by atoms with Crippen molar-refractivity contribution in [3.05, 3.63) is 44.5 Å². The fourth-order valence-electron chi connectivity index (χ4n) is 2.36. The summed E-state index contributed by atoms with van der Waals surface area (Å²) in [5, 5.41) is 18.3. The Kier molecular flexibility index (Phi) is 3.64. The minimum atomic E-state index is -0.395. The lowest BCUT2D eigenvalue weighted by molar-refractivity contribution is -0.384. The summed E-state index contributed by atoms with van der Waals surface area (Å²) in [7, 11) is 0. The molecule has 1 aliphatic rings. The maximum atomic E-state index is 10.8. The number of fused-ring (bicyclic) bond motifs is 1. The lowest BCUT2D eigenvalue weighted by Gasteiger charge is -2.25. The van der Waals surface area contributed by atoms with E-state index in [9.17, 15) is 10.1 Å². The molecule has 0 amide bonds. The maximum Gasteiger partial charge on any atom is 0.270 e. The Labute approximate surface area is 123 Å². The molecule has 3 rings (SSSR count). The average Bonchev–Trinajstić information content (AvgIpc) is 2.46. The molecule has 20 heavy (non-hydrogen) atoms. The first kappa shape index (κ1) is 13.4. The Morgan fingerprint density at radius 1 is 1.35 bits per heavy atom. The Balaban J connectivity index is 2.05. The molecule has 1 saturated heterocycles. The van der Waals surface area contributed by atoms with Crippen molar-refractivity contribution in [2.75, 3.05) is 19.6 Å². The van der Waals surface area contributed by atoms with Gasteiger partial charge in [-0.1, -0.05) is 0 Å². The highest BCUT2D eigenvalue weighted by Crippen LogP contribution is 2.28. The van der Waals surface area contributed by atoms with Gasteiger partial charge in [0.25, 0.3) is 5.69 Å². The average molecular weight is 337 g/mol. The van der Waals surface area contributed by atoms with Gasteiger partial charge in [-0.25, -0.2) is 4.98 Å². The summed E-state index contributed by atoms with van der Waals surface area (Å²) in [5.74, 6) is 0. The monoisotopic (exact) mass is 336 g/mol. The lowest BCUT2D eigenvalue weighted by atomic mass is 10.1. The predicted octanol–water partition coefficient (Wildman–Crippen LogP) is 2.14. The molecule has 2 N–H and O–H groups in total. The first-order valence-corrected chi connectivity index (χ1v) is 7.13. The van der Waals surface area contributed by atoms with Crippen LogP contribution in [0.1, 0.15) is 11.7 Å². The van der Waals surface area contributed by atoms with Crippen molar-refractivity contribution in [2.24, 2.45) is 0 Å². The van der Waals surface area contributed by atoms with Gasteiger partial charge in [-0.05, 0) is 28.1 Å². The molecule has 6 nitrogen and oxygen atoms in total. The van der Waals surface area contributed by atoms with Gasteiger partial charge in [0.15, 0.2) is 0 Å². The van der Waals surface area contributed by atoms with Crippen LogP contribution in [0.15, 0.2) is 28.7 Å². The van der Waals surface area contributed by atoms with Gasteiger partial charge in [-0.2, -0.15) is 0 Å². The number of aromatic nitrogens is 1. The van der Waals surface area contributed by atoms with Gasteiger partial charge in [0.05, 0.1) is 22.2 Å². The molecule has 7 heteroatoms.